The molecule has 1 aromatic carbocycles. The Hall–Kier alpha value is -0.860. The van der Waals surface area contributed by atoms with Crippen molar-refractivity contribution in [1.29, 1.82) is 0 Å². The average Bonchev–Trinajstić information content (AvgIpc) is 2.53. The molecule has 1 aliphatic heterocycles. The summed E-state index contributed by atoms with van der Waals surface area (Å²) < 4.78 is 0. The first-order valence-corrected chi connectivity index (χ1v) is 6.35. The predicted molar refractivity (Wildman–Crippen MR) is 68.7 cm³/mol. The van der Waals surface area contributed by atoms with E-state index < -0.39 is 0 Å². The van der Waals surface area contributed by atoms with E-state index in [0.717, 1.165) is 6.54 Å². The zero-order valence-electron chi connectivity index (χ0n) is 10.2. The monoisotopic (exact) mass is 218 g/mol. The van der Waals surface area contributed by atoms with Crippen molar-refractivity contribution in [3.63, 3.8) is 0 Å². The summed E-state index contributed by atoms with van der Waals surface area (Å²) in [6.45, 7) is 7.05. The minimum absolute atomic E-state index is 0.672. The second-order valence-electron chi connectivity index (χ2n) is 4.68. The molecule has 0 saturated carbocycles. The van der Waals surface area contributed by atoms with Gasteiger partial charge in [-0.2, -0.15) is 0 Å². The van der Waals surface area contributed by atoms with Crippen molar-refractivity contribution >= 4 is 0 Å². The smallest absolute Gasteiger partial charge is 0.0192 e. The Labute approximate surface area is 98.7 Å². The van der Waals surface area contributed by atoms with Crippen LogP contribution in [0, 0.1) is 0 Å². The summed E-state index contributed by atoms with van der Waals surface area (Å²) in [5.74, 6) is 0. The second kappa shape index (κ2) is 6.02. The molecule has 1 heterocycles. The largest absolute Gasteiger partial charge is 0.315 e. The molecule has 0 aliphatic carbocycles. The minimum atomic E-state index is 0.672. The summed E-state index contributed by atoms with van der Waals surface area (Å²) in [4.78, 5) is 2.60. The van der Waals surface area contributed by atoms with Crippen LogP contribution in [0.2, 0.25) is 0 Å². The van der Waals surface area contributed by atoms with Crippen LogP contribution in [-0.2, 0) is 6.42 Å². The summed E-state index contributed by atoms with van der Waals surface area (Å²) in [6.07, 6.45) is 2.45. The summed E-state index contributed by atoms with van der Waals surface area (Å²) in [5.41, 5.74) is 1.45. The third kappa shape index (κ3) is 3.32. The molecule has 1 saturated heterocycles. The fraction of sp³-hybridized carbons (Fsp3) is 0.571. The van der Waals surface area contributed by atoms with Crippen LogP contribution in [0.25, 0.3) is 0 Å². The first-order valence-electron chi connectivity index (χ1n) is 6.35. The first kappa shape index (κ1) is 11.6. The van der Waals surface area contributed by atoms with E-state index in [0.29, 0.717) is 6.04 Å². The molecule has 0 aromatic heterocycles. The summed E-state index contributed by atoms with van der Waals surface area (Å²) in [7, 11) is 0. The van der Waals surface area contributed by atoms with Gasteiger partial charge in [-0.15, -0.1) is 0 Å². The standard InChI is InChI=1S/C14H22N2/c1-13-12-15-9-5-10-16(13)11-8-14-6-3-2-4-7-14/h2-4,6-7,13,15H,5,8-12H2,1H3. The molecular weight excluding hydrogens is 196 g/mol. The maximum Gasteiger partial charge on any atom is 0.0192 e. The molecule has 0 amide bonds. The first-order chi connectivity index (χ1) is 7.86. The van der Waals surface area contributed by atoms with E-state index in [1.54, 1.807) is 0 Å². The van der Waals surface area contributed by atoms with E-state index in [2.05, 4.69) is 47.5 Å². The molecular formula is C14H22N2. The molecule has 0 spiro atoms. The van der Waals surface area contributed by atoms with Crippen LogP contribution in [0.3, 0.4) is 0 Å². The minimum Gasteiger partial charge on any atom is -0.315 e. The molecule has 2 rings (SSSR count). The fourth-order valence-corrected chi connectivity index (χ4v) is 2.32. The van der Waals surface area contributed by atoms with Gasteiger partial charge in [0.1, 0.15) is 0 Å². The van der Waals surface area contributed by atoms with Gasteiger partial charge in [0.25, 0.3) is 0 Å². The maximum absolute atomic E-state index is 3.48. The Morgan fingerprint density at radius 3 is 2.94 bits per heavy atom. The molecule has 0 radical (unpaired) electrons. The van der Waals surface area contributed by atoms with Crippen LogP contribution < -0.4 is 5.32 Å². The van der Waals surface area contributed by atoms with Crippen molar-refractivity contribution in [2.75, 3.05) is 26.2 Å². The molecule has 1 unspecified atom stereocenters. The van der Waals surface area contributed by atoms with Crippen molar-refractivity contribution in [1.82, 2.24) is 10.2 Å². The van der Waals surface area contributed by atoms with Crippen LogP contribution in [0.15, 0.2) is 30.3 Å². The van der Waals surface area contributed by atoms with Crippen LogP contribution in [-0.4, -0.2) is 37.1 Å². The van der Waals surface area contributed by atoms with E-state index in [-0.39, 0.29) is 0 Å². The lowest BCUT2D eigenvalue weighted by atomic mass is 10.1. The van der Waals surface area contributed by atoms with Crippen molar-refractivity contribution in [2.24, 2.45) is 0 Å². The van der Waals surface area contributed by atoms with Gasteiger partial charge in [-0.25, -0.2) is 0 Å². The molecule has 2 heteroatoms. The van der Waals surface area contributed by atoms with Crippen LogP contribution >= 0.6 is 0 Å². The number of nitrogens with one attached hydrogen (secondary N) is 1. The van der Waals surface area contributed by atoms with Crippen molar-refractivity contribution in [3.8, 4) is 0 Å². The fourth-order valence-electron chi connectivity index (χ4n) is 2.32. The third-order valence-corrected chi connectivity index (χ3v) is 3.39. The summed E-state index contributed by atoms with van der Waals surface area (Å²) in [6, 6.07) is 11.5. The topological polar surface area (TPSA) is 15.3 Å². The predicted octanol–water partition coefficient (Wildman–Crippen LogP) is 1.91. The lowest BCUT2D eigenvalue weighted by Crippen LogP contribution is -2.38. The van der Waals surface area contributed by atoms with Gasteiger partial charge in [-0.05, 0) is 38.4 Å². The summed E-state index contributed by atoms with van der Waals surface area (Å²) >= 11 is 0. The highest BCUT2D eigenvalue weighted by molar-refractivity contribution is 5.14. The number of hydrogen-bond acceptors (Lipinski definition) is 2. The molecule has 1 aromatic rings. The summed E-state index contributed by atoms with van der Waals surface area (Å²) in [5, 5.41) is 3.48. The molecule has 0 bridgehead atoms. The van der Waals surface area contributed by atoms with Crippen molar-refractivity contribution < 1.29 is 0 Å². The molecule has 2 nitrogen and oxygen atoms in total. The van der Waals surface area contributed by atoms with E-state index in [9.17, 15) is 0 Å². The molecule has 16 heavy (non-hydrogen) atoms. The molecule has 88 valence electrons. The highest BCUT2D eigenvalue weighted by Crippen LogP contribution is 2.07. The van der Waals surface area contributed by atoms with Gasteiger partial charge in [-0.1, -0.05) is 30.3 Å². The van der Waals surface area contributed by atoms with E-state index in [1.165, 1.54) is 38.0 Å². The molecule has 1 N–H and O–H groups in total. The number of nitrogens with zero attached hydrogens (tertiary/aromatic N) is 1. The van der Waals surface area contributed by atoms with Gasteiger partial charge < -0.3 is 5.32 Å². The highest BCUT2D eigenvalue weighted by atomic mass is 15.2. The Morgan fingerprint density at radius 1 is 1.31 bits per heavy atom. The zero-order valence-corrected chi connectivity index (χ0v) is 10.2. The normalized spacial score (nSPS) is 22.9. The molecule has 1 aliphatic rings. The second-order valence-corrected chi connectivity index (χ2v) is 4.68. The SMILES string of the molecule is CC1CNCCCN1CCc1ccccc1. The van der Waals surface area contributed by atoms with Crippen LogP contribution in [0.4, 0.5) is 0 Å². The Morgan fingerprint density at radius 2 is 2.12 bits per heavy atom. The Bertz CT molecular complexity index is 297. The highest BCUT2D eigenvalue weighted by Gasteiger charge is 2.15. The lowest BCUT2D eigenvalue weighted by Gasteiger charge is -2.26. The average molecular weight is 218 g/mol. The van der Waals surface area contributed by atoms with Gasteiger partial charge in [0.15, 0.2) is 0 Å². The van der Waals surface area contributed by atoms with Gasteiger partial charge in [0, 0.05) is 19.1 Å². The van der Waals surface area contributed by atoms with Gasteiger partial charge in [0.05, 0.1) is 0 Å². The van der Waals surface area contributed by atoms with Gasteiger partial charge in [-0.3, -0.25) is 4.90 Å². The maximum atomic E-state index is 3.48. The molecule has 1 fully saturated rings. The van der Waals surface area contributed by atoms with Crippen molar-refractivity contribution in [3.05, 3.63) is 35.9 Å². The van der Waals surface area contributed by atoms with Gasteiger partial charge in [0.2, 0.25) is 0 Å². The molecule has 1 atom stereocenters. The quantitative estimate of drug-likeness (QED) is 0.834. The van der Waals surface area contributed by atoms with E-state index in [4.69, 9.17) is 0 Å². The number of hydrogen-bond donors (Lipinski definition) is 1. The van der Waals surface area contributed by atoms with Crippen LogP contribution in [0.5, 0.6) is 0 Å². The Kier molecular flexibility index (Phi) is 4.37. The number of benzene rings is 1. The zero-order chi connectivity index (χ0) is 11.2. The van der Waals surface area contributed by atoms with E-state index >= 15 is 0 Å². The van der Waals surface area contributed by atoms with Crippen LogP contribution in [0.1, 0.15) is 18.9 Å². The third-order valence-electron chi connectivity index (χ3n) is 3.39. The number of rotatable bonds is 3. The lowest BCUT2D eigenvalue weighted by molar-refractivity contribution is 0.225. The van der Waals surface area contributed by atoms with Crippen molar-refractivity contribution in [2.45, 2.75) is 25.8 Å². The van der Waals surface area contributed by atoms with E-state index in [1.807, 2.05) is 0 Å². The van der Waals surface area contributed by atoms with Gasteiger partial charge >= 0.3 is 0 Å². The Balaban J connectivity index is 1.84.